The zero-order valence-corrected chi connectivity index (χ0v) is 10.6. The lowest BCUT2D eigenvalue weighted by atomic mass is 10.3. The molecule has 0 heterocycles. The van der Waals surface area contributed by atoms with Gasteiger partial charge < -0.3 is 4.74 Å². The van der Waals surface area contributed by atoms with Gasteiger partial charge in [0, 0.05) is 11.7 Å². The highest BCUT2D eigenvalue weighted by molar-refractivity contribution is 8.04. The van der Waals surface area contributed by atoms with E-state index in [2.05, 4.69) is 32.9 Å². The fourth-order valence-corrected chi connectivity index (χ4v) is 2.49. The first-order chi connectivity index (χ1) is 6.88. The number of carbonyl (C=O) groups excluding carboxylic acids is 1. The SMILES string of the molecule is CC(=O)OCC1=C(SC(C)(C)C)CC=C1. The van der Waals surface area contributed by atoms with E-state index in [1.807, 2.05) is 11.8 Å². The third-order valence-electron chi connectivity index (χ3n) is 1.84. The molecule has 0 bridgehead atoms. The summed E-state index contributed by atoms with van der Waals surface area (Å²) in [6.07, 6.45) is 5.14. The van der Waals surface area contributed by atoms with E-state index in [9.17, 15) is 4.79 Å². The summed E-state index contributed by atoms with van der Waals surface area (Å²) < 4.78 is 5.22. The van der Waals surface area contributed by atoms with Crippen molar-refractivity contribution in [3.63, 3.8) is 0 Å². The Kier molecular flexibility index (Phi) is 4.03. The number of thioether (sulfide) groups is 1. The Morgan fingerprint density at radius 3 is 2.73 bits per heavy atom. The zero-order valence-electron chi connectivity index (χ0n) is 9.79. The average molecular weight is 226 g/mol. The highest BCUT2D eigenvalue weighted by Gasteiger charge is 2.18. The largest absolute Gasteiger partial charge is 0.461 e. The van der Waals surface area contributed by atoms with Gasteiger partial charge in [0.2, 0.25) is 0 Å². The maximum Gasteiger partial charge on any atom is 0.302 e. The number of allylic oxidation sites excluding steroid dienone is 2. The minimum Gasteiger partial charge on any atom is -0.461 e. The molecule has 0 aromatic carbocycles. The summed E-state index contributed by atoms with van der Waals surface area (Å²) in [5, 5.41) is 0. The second-order valence-electron chi connectivity index (χ2n) is 4.55. The molecule has 0 N–H and O–H groups in total. The van der Waals surface area contributed by atoms with Crippen molar-refractivity contribution in [1.82, 2.24) is 0 Å². The van der Waals surface area contributed by atoms with E-state index in [4.69, 9.17) is 4.74 Å². The summed E-state index contributed by atoms with van der Waals surface area (Å²) in [7, 11) is 0. The first-order valence-corrected chi connectivity index (χ1v) is 5.91. The lowest BCUT2D eigenvalue weighted by Crippen LogP contribution is -2.09. The molecule has 84 valence electrons. The summed E-state index contributed by atoms with van der Waals surface area (Å²) in [5.74, 6) is -0.220. The Balaban J connectivity index is 2.60. The predicted octanol–water partition coefficient (Wildman–Crippen LogP) is 3.30. The summed E-state index contributed by atoms with van der Waals surface area (Å²) in [6.45, 7) is 8.41. The Hall–Kier alpha value is -0.700. The number of hydrogen-bond donors (Lipinski definition) is 0. The zero-order chi connectivity index (χ0) is 11.5. The van der Waals surface area contributed by atoms with E-state index in [0.717, 1.165) is 12.0 Å². The van der Waals surface area contributed by atoms with Crippen LogP contribution in [0.1, 0.15) is 34.1 Å². The minimum atomic E-state index is -0.220. The third-order valence-corrected chi connectivity index (χ3v) is 3.13. The standard InChI is InChI=1S/C12H18O2S/c1-9(13)14-8-10-6-5-7-11(10)15-12(2,3)4/h5-6H,7-8H2,1-4H3. The van der Waals surface area contributed by atoms with Crippen molar-refractivity contribution in [2.75, 3.05) is 6.61 Å². The van der Waals surface area contributed by atoms with E-state index in [-0.39, 0.29) is 10.7 Å². The Morgan fingerprint density at radius 2 is 2.20 bits per heavy atom. The number of hydrogen-bond acceptors (Lipinski definition) is 3. The maximum absolute atomic E-state index is 10.7. The fourth-order valence-electron chi connectivity index (χ4n) is 1.32. The molecule has 1 aliphatic rings. The fraction of sp³-hybridized carbons (Fsp3) is 0.583. The summed E-state index contributed by atoms with van der Waals surface area (Å²) in [5.41, 5.74) is 1.14. The second kappa shape index (κ2) is 4.88. The molecule has 0 aliphatic heterocycles. The summed E-state index contributed by atoms with van der Waals surface area (Å²) >= 11 is 1.85. The van der Waals surface area contributed by atoms with E-state index >= 15 is 0 Å². The lowest BCUT2D eigenvalue weighted by molar-refractivity contribution is -0.139. The maximum atomic E-state index is 10.7. The van der Waals surface area contributed by atoms with Gasteiger partial charge in [-0.15, -0.1) is 11.8 Å². The van der Waals surface area contributed by atoms with Gasteiger partial charge in [0.25, 0.3) is 0 Å². The molecule has 3 heteroatoms. The molecule has 2 nitrogen and oxygen atoms in total. The molecule has 0 aromatic heterocycles. The van der Waals surface area contributed by atoms with Crippen LogP contribution in [0.2, 0.25) is 0 Å². The lowest BCUT2D eigenvalue weighted by Gasteiger charge is -2.19. The normalized spacial score (nSPS) is 16.0. The number of rotatable bonds is 3. The summed E-state index contributed by atoms with van der Waals surface area (Å²) in [6, 6.07) is 0. The molecule has 1 aliphatic carbocycles. The van der Waals surface area contributed by atoms with Crippen LogP contribution in [-0.2, 0) is 9.53 Å². The first-order valence-electron chi connectivity index (χ1n) is 5.09. The Labute approximate surface area is 95.8 Å². The van der Waals surface area contributed by atoms with Gasteiger partial charge in [-0.1, -0.05) is 32.9 Å². The topological polar surface area (TPSA) is 26.3 Å². The van der Waals surface area contributed by atoms with E-state index < -0.39 is 0 Å². The van der Waals surface area contributed by atoms with Gasteiger partial charge >= 0.3 is 5.97 Å². The molecular formula is C12H18O2S. The van der Waals surface area contributed by atoms with Crippen molar-refractivity contribution in [1.29, 1.82) is 0 Å². The number of carbonyl (C=O) groups is 1. The van der Waals surface area contributed by atoms with Crippen molar-refractivity contribution in [2.24, 2.45) is 0 Å². The highest BCUT2D eigenvalue weighted by atomic mass is 32.2. The minimum absolute atomic E-state index is 0.211. The molecule has 15 heavy (non-hydrogen) atoms. The second-order valence-corrected chi connectivity index (χ2v) is 6.47. The molecule has 0 atom stereocenters. The van der Waals surface area contributed by atoms with Crippen molar-refractivity contribution in [2.45, 2.75) is 38.9 Å². The summed E-state index contributed by atoms with van der Waals surface area (Å²) in [4.78, 5) is 12.0. The third kappa shape index (κ3) is 4.56. The van der Waals surface area contributed by atoms with Gasteiger partial charge in [0.15, 0.2) is 0 Å². The first kappa shape index (κ1) is 12.4. The smallest absolute Gasteiger partial charge is 0.302 e. The van der Waals surface area contributed by atoms with Crippen LogP contribution in [0.15, 0.2) is 22.6 Å². The number of ether oxygens (including phenoxy) is 1. The quantitative estimate of drug-likeness (QED) is 0.691. The molecule has 0 radical (unpaired) electrons. The molecule has 0 fully saturated rings. The van der Waals surface area contributed by atoms with Crippen LogP contribution in [0.5, 0.6) is 0 Å². The van der Waals surface area contributed by atoms with Crippen LogP contribution < -0.4 is 0 Å². The molecule has 0 spiro atoms. The molecule has 0 saturated heterocycles. The average Bonchev–Trinajstić information content (AvgIpc) is 2.45. The molecular weight excluding hydrogens is 208 g/mol. The van der Waals surface area contributed by atoms with Crippen LogP contribution in [0, 0.1) is 0 Å². The van der Waals surface area contributed by atoms with Crippen molar-refractivity contribution in [3.8, 4) is 0 Å². The van der Waals surface area contributed by atoms with Crippen molar-refractivity contribution < 1.29 is 9.53 Å². The Bertz CT molecular complexity index is 308. The monoisotopic (exact) mass is 226 g/mol. The number of esters is 1. The van der Waals surface area contributed by atoms with Crippen LogP contribution in [0.25, 0.3) is 0 Å². The van der Waals surface area contributed by atoms with Crippen molar-refractivity contribution in [3.05, 3.63) is 22.6 Å². The van der Waals surface area contributed by atoms with E-state index in [1.165, 1.54) is 11.8 Å². The van der Waals surface area contributed by atoms with Gasteiger partial charge in [-0.05, 0) is 16.9 Å². The molecule has 1 rings (SSSR count). The predicted molar refractivity (Wildman–Crippen MR) is 64.8 cm³/mol. The molecule has 0 aromatic rings. The highest BCUT2D eigenvalue weighted by Crippen LogP contribution is 2.38. The van der Waals surface area contributed by atoms with Crippen LogP contribution >= 0.6 is 11.8 Å². The Morgan fingerprint density at radius 1 is 1.53 bits per heavy atom. The van der Waals surface area contributed by atoms with Gasteiger partial charge in [0.05, 0.1) is 0 Å². The van der Waals surface area contributed by atoms with Crippen LogP contribution in [0.3, 0.4) is 0 Å². The van der Waals surface area contributed by atoms with Gasteiger partial charge in [-0.3, -0.25) is 4.79 Å². The van der Waals surface area contributed by atoms with E-state index in [1.54, 1.807) is 0 Å². The van der Waals surface area contributed by atoms with Gasteiger partial charge in [-0.2, -0.15) is 0 Å². The van der Waals surface area contributed by atoms with Crippen LogP contribution in [0.4, 0.5) is 0 Å². The van der Waals surface area contributed by atoms with E-state index in [0.29, 0.717) is 6.61 Å². The van der Waals surface area contributed by atoms with Gasteiger partial charge in [0.1, 0.15) is 6.61 Å². The molecule has 0 unspecified atom stereocenters. The molecule has 0 saturated carbocycles. The van der Waals surface area contributed by atoms with Crippen molar-refractivity contribution >= 4 is 17.7 Å². The van der Waals surface area contributed by atoms with Crippen LogP contribution in [-0.4, -0.2) is 17.3 Å². The molecule has 0 amide bonds. The van der Waals surface area contributed by atoms with Gasteiger partial charge in [-0.25, -0.2) is 0 Å².